The zero-order valence-corrected chi connectivity index (χ0v) is 16.7. The summed E-state index contributed by atoms with van der Waals surface area (Å²) in [6, 6.07) is 17.4. The molecule has 0 aliphatic rings. The molecule has 0 spiro atoms. The number of nitrogens with two attached hydrogens (primary N) is 1. The van der Waals surface area contributed by atoms with Crippen molar-refractivity contribution in [2.24, 2.45) is 0 Å². The second kappa shape index (κ2) is 8.03. The molecular formula is C23H17F2N7. The molecule has 0 bridgehead atoms. The topological polar surface area (TPSA) is 94.5 Å². The molecule has 0 amide bonds. The molecule has 2 aromatic carbocycles. The van der Waals surface area contributed by atoms with Crippen molar-refractivity contribution >= 4 is 22.8 Å². The van der Waals surface area contributed by atoms with E-state index in [1.807, 2.05) is 18.2 Å². The van der Waals surface area contributed by atoms with E-state index < -0.39 is 5.82 Å². The summed E-state index contributed by atoms with van der Waals surface area (Å²) in [4.78, 5) is 13.4. The SMILES string of the molecule is Nc1c2c(-c3cccc(F)c3)nc(NCc3ccccn3)nc2nn1-c1ccc(F)cc1. The Labute approximate surface area is 181 Å². The van der Waals surface area contributed by atoms with E-state index in [1.54, 1.807) is 30.5 Å². The molecule has 5 rings (SSSR count). The average molecular weight is 429 g/mol. The molecule has 0 aliphatic heterocycles. The van der Waals surface area contributed by atoms with Crippen molar-refractivity contribution in [1.29, 1.82) is 0 Å². The van der Waals surface area contributed by atoms with Gasteiger partial charge in [-0.1, -0.05) is 18.2 Å². The lowest BCUT2D eigenvalue weighted by molar-refractivity contribution is 0.627. The molecule has 3 aromatic heterocycles. The highest BCUT2D eigenvalue weighted by atomic mass is 19.1. The van der Waals surface area contributed by atoms with Crippen LogP contribution in [0.5, 0.6) is 0 Å². The first-order valence-corrected chi connectivity index (χ1v) is 9.80. The van der Waals surface area contributed by atoms with Crippen LogP contribution in [0.3, 0.4) is 0 Å². The fourth-order valence-electron chi connectivity index (χ4n) is 3.39. The Morgan fingerprint density at radius 2 is 1.75 bits per heavy atom. The molecule has 158 valence electrons. The third kappa shape index (κ3) is 3.71. The summed E-state index contributed by atoms with van der Waals surface area (Å²) < 4.78 is 28.8. The van der Waals surface area contributed by atoms with Crippen molar-refractivity contribution in [3.8, 4) is 16.9 Å². The average Bonchev–Trinajstić information content (AvgIpc) is 3.15. The normalized spacial score (nSPS) is 11.1. The van der Waals surface area contributed by atoms with Gasteiger partial charge >= 0.3 is 0 Å². The van der Waals surface area contributed by atoms with Gasteiger partial charge in [0.2, 0.25) is 5.95 Å². The molecule has 0 saturated heterocycles. The molecule has 3 heterocycles. The molecule has 5 aromatic rings. The van der Waals surface area contributed by atoms with E-state index >= 15 is 0 Å². The van der Waals surface area contributed by atoms with Gasteiger partial charge in [0, 0.05) is 11.8 Å². The number of rotatable bonds is 5. The zero-order valence-electron chi connectivity index (χ0n) is 16.7. The number of hydrogen-bond donors (Lipinski definition) is 2. The summed E-state index contributed by atoms with van der Waals surface area (Å²) in [5, 5.41) is 8.12. The third-order valence-electron chi connectivity index (χ3n) is 4.89. The minimum absolute atomic E-state index is 0.266. The highest BCUT2D eigenvalue weighted by Gasteiger charge is 2.19. The van der Waals surface area contributed by atoms with Crippen molar-refractivity contribution in [2.75, 3.05) is 11.1 Å². The lowest BCUT2D eigenvalue weighted by atomic mass is 10.1. The monoisotopic (exact) mass is 429 g/mol. The van der Waals surface area contributed by atoms with Gasteiger partial charge in [0.1, 0.15) is 17.5 Å². The number of pyridine rings is 1. The van der Waals surface area contributed by atoms with Crippen LogP contribution in [-0.4, -0.2) is 24.7 Å². The van der Waals surface area contributed by atoms with E-state index in [0.29, 0.717) is 40.5 Å². The molecule has 0 atom stereocenters. The third-order valence-corrected chi connectivity index (χ3v) is 4.89. The molecule has 0 radical (unpaired) electrons. The first kappa shape index (κ1) is 19.6. The molecule has 3 N–H and O–H groups in total. The number of nitrogens with zero attached hydrogens (tertiary/aromatic N) is 5. The molecule has 0 aliphatic carbocycles. The zero-order chi connectivity index (χ0) is 22.1. The molecule has 9 heteroatoms. The van der Waals surface area contributed by atoms with Crippen LogP contribution in [0.25, 0.3) is 28.0 Å². The maximum Gasteiger partial charge on any atom is 0.225 e. The molecule has 0 unspecified atom stereocenters. The number of fused-ring (bicyclic) bond motifs is 1. The first-order chi connectivity index (χ1) is 15.6. The summed E-state index contributed by atoms with van der Waals surface area (Å²) in [5.41, 5.74) is 9.06. The maximum absolute atomic E-state index is 14.0. The second-order valence-electron chi connectivity index (χ2n) is 7.05. The number of benzene rings is 2. The number of halogens is 2. The van der Waals surface area contributed by atoms with Crippen LogP contribution in [-0.2, 0) is 6.54 Å². The minimum atomic E-state index is -0.401. The van der Waals surface area contributed by atoms with E-state index in [1.165, 1.54) is 28.9 Å². The minimum Gasteiger partial charge on any atom is -0.383 e. The smallest absolute Gasteiger partial charge is 0.225 e. The van der Waals surface area contributed by atoms with E-state index in [-0.39, 0.29) is 11.6 Å². The Morgan fingerprint density at radius 3 is 2.50 bits per heavy atom. The van der Waals surface area contributed by atoms with Gasteiger partial charge in [0.25, 0.3) is 0 Å². The van der Waals surface area contributed by atoms with Gasteiger partial charge < -0.3 is 11.1 Å². The molecule has 7 nitrogen and oxygen atoms in total. The number of hydrogen-bond acceptors (Lipinski definition) is 6. The summed E-state index contributed by atoms with van der Waals surface area (Å²) in [7, 11) is 0. The molecule has 0 saturated carbocycles. The van der Waals surface area contributed by atoms with E-state index in [4.69, 9.17) is 5.73 Å². The van der Waals surface area contributed by atoms with Gasteiger partial charge in [0.05, 0.1) is 29.0 Å². The number of anilines is 2. The van der Waals surface area contributed by atoms with Crippen molar-refractivity contribution < 1.29 is 8.78 Å². The van der Waals surface area contributed by atoms with Crippen LogP contribution in [0.15, 0.2) is 72.9 Å². The van der Waals surface area contributed by atoms with Gasteiger partial charge in [-0.3, -0.25) is 4.98 Å². The largest absolute Gasteiger partial charge is 0.383 e. The van der Waals surface area contributed by atoms with Crippen molar-refractivity contribution in [1.82, 2.24) is 24.7 Å². The fraction of sp³-hybridized carbons (Fsp3) is 0.0435. The standard InChI is InChI=1S/C23H17F2N7/c24-15-7-9-18(10-8-15)32-21(26)19-20(14-4-3-5-16(25)12-14)29-23(30-22(19)31-32)28-13-17-6-1-2-11-27-17/h1-12H,13,26H2,(H,28,30,31). The van der Waals surface area contributed by atoms with Crippen LogP contribution in [0.4, 0.5) is 20.5 Å². The lowest BCUT2D eigenvalue weighted by Crippen LogP contribution is -2.06. The Kier molecular flexibility index (Phi) is 4.91. The number of nitrogens with one attached hydrogen (secondary N) is 1. The summed E-state index contributed by atoms with van der Waals surface area (Å²) >= 11 is 0. The van der Waals surface area contributed by atoms with Crippen LogP contribution in [0, 0.1) is 11.6 Å². The van der Waals surface area contributed by atoms with Crippen molar-refractivity contribution in [3.05, 3.63) is 90.3 Å². The molecular weight excluding hydrogens is 412 g/mol. The number of aromatic nitrogens is 5. The van der Waals surface area contributed by atoms with Gasteiger partial charge in [-0.2, -0.15) is 4.98 Å². The Bertz CT molecular complexity index is 1400. The summed E-state index contributed by atoms with van der Waals surface area (Å²) in [6.45, 7) is 0.392. The Morgan fingerprint density at radius 1 is 0.906 bits per heavy atom. The van der Waals surface area contributed by atoms with Gasteiger partial charge in [0.15, 0.2) is 5.65 Å². The summed E-state index contributed by atoms with van der Waals surface area (Å²) in [6.07, 6.45) is 1.70. The second-order valence-corrected chi connectivity index (χ2v) is 7.05. The predicted octanol–water partition coefficient (Wildman–Crippen LogP) is 4.35. The van der Waals surface area contributed by atoms with Crippen LogP contribution in [0.1, 0.15) is 5.69 Å². The van der Waals surface area contributed by atoms with Crippen molar-refractivity contribution in [3.63, 3.8) is 0 Å². The quantitative estimate of drug-likeness (QED) is 0.431. The molecule has 32 heavy (non-hydrogen) atoms. The fourth-order valence-corrected chi connectivity index (χ4v) is 3.39. The van der Waals surface area contributed by atoms with Gasteiger partial charge in [-0.25, -0.2) is 18.4 Å². The molecule has 0 fully saturated rings. The van der Waals surface area contributed by atoms with Crippen LogP contribution in [0.2, 0.25) is 0 Å². The number of nitrogen functional groups attached to an aromatic ring is 1. The Balaban J connectivity index is 1.65. The van der Waals surface area contributed by atoms with Gasteiger partial charge in [-0.05, 0) is 48.5 Å². The highest BCUT2D eigenvalue weighted by Crippen LogP contribution is 2.33. The Hall–Kier alpha value is -4.40. The van der Waals surface area contributed by atoms with E-state index in [2.05, 4.69) is 25.4 Å². The van der Waals surface area contributed by atoms with E-state index in [0.717, 1.165) is 5.69 Å². The van der Waals surface area contributed by atoms with E-state index in [9.17, 15) is 8.78 Å². The first-order valence-electron chi connectivity index (χ1n) is 9.80. The predicted molar refractivity (Wildman–Crippen MR) is 118 cm³/mol. The highest BCUT2D eigenvalue weighted by molar-refractivity contribution is 5.99. The van der Waals surface area contributed by atoms with Gasteiger partial charge in [-0.15, -0.1) is 5.10 Å². The van der Waals surface area contributed by atoms with Crippen LogP contribution < -0.4 is 11.1 Å². The maximum atomic E-state index is 14.0. The lowest BCUT2D eigenvalue weighted by Gasteiger charge is -2.08. The van der Waals surface area contributed by atoms with Crippen LogP contribution >= 0.6 is 0 Å². The van der Waals surface area contributed by atoms with Crippen molar-refractivity contribution in [2.45, 2.75) is 6.54 Å². The summed E-state index contributed by atoms with van der Waals surface area (Å²) in [5.74, 6) is -0.208.